The van der Waals surface area contributed by atoms with E-state index in [9.17, 15) is 4.79 Å². The molecule has 9 nitrogen and oxygen atoms in total. The smallest absolute Gasteiger partial charge is 0.257 e. The number of nitrogens with one attached hydrogen (secondary N) is 2. The van der Waals surface area contributed by atoms with Crippen LogP contribution < -0.4 is 29.7 Å². The third-order valence-corrected chi connectivity index (χ3v) is 9.10. The number of nitrogens with zero attached hydrogens (tertiary/aromatic N) is 2. The van der Waals surface area contributed by atoms with Gasteiger partial charge in [0, 0.05) is 30.6 Å². The van der Waals surface area contributed by atoms with E-state index in [0.717, 1.165) is 76.5 Å². The standard InChI is InChI=1S/C37H36N4O5S/c1-24-38-28(23-47-24)22-46-35-12-5-27(21-36(35)43-2)26-4-10-31-33(20-26)39-32-11-3-25(19-34(32)40-37(31)42)13-16-45-30-8-6-29(7-9-30)41-14-17-44-18-15-41/h3-12,19-21,23,39H,13-18,22H2,1-2H3,(H,40,42). The molecule has 240 valence electrons. The van der Waals surface area contributed by atoms with Crippen molar-refractivity contribution in [2.45, 2.75) is 20.0 Å². The molecule has 1 saturated heterocycles. The predicted molar refractivity (Wildman–Crippen MR) is 186 cm³/mol. The molecule has 0 bridgehead atoms. The number of morpholine rings is 1. The van der Waals surface area contributed by atoms with Crippen LogP contribution in [-0.4, -0.2) is 50.9 Å². The number of carbonyl (C=O) groups excluding carboxylic acids is 1. The highest BCUT2D eigenvalue weighted by atomic mass is 32.1. The lowest BCUT2D eigenvalue weighted by molar-refractivity contribution is 0.102. The molecule has 1 aromatic heterocycles. The minimum Gasteiger partial charge on any atom is -0.493 e. The average molecular weight is 649 g/mol. The molecule has 2 aliphatic heterocycles. The lowest BCUT2D eigenvalue weighted by Crippen LogP contribution is -2.36. The van der Waals surface area contributed by atoms with Gasteiger partial charge in [-0.3, -0.25) is 4.79 Å². The summed E-state index contributed by atoms with van der Waals surface area (Å²) in [6.07, 6.45) is 0.705. The summed E-state index contributed by atoms with van der Waals surface area (Å²) in [7, 11) is 1.63. The molecule has 2 N–H and O–H groups in total. The number of fused-ring (bicyclic) bond motifs is 2. The van der Waals surface area contributed by atoms with Crippen molar-refractivity contribution < 1.29 is 23.7 Å². The van der Waals surface area contributed by atoms with Crippen LogP contribution in [0.15, 0.2) is 84.2 Å². The molecule has 0 saturated carbocycles. The van der Waals surface area contributed by atoms with Crippen LogP contribution in [-0.2, 0) is 17.8 Å². The highest BCUT2D eigenvalue weighted by Gasteiger charge is 2.20. The lowest BCUT2D eigenvalue weighted by atomic mass is 10.0. The Morgan fingerprint density at radius 2 is 1.66 bits per heavy atom. The van der Waals surface area contributed by atoms with Gasteiger partial charge in [0.2, 0.25) is 0 Å². The predicted octanol–water partition coefficient (Wildman–Crippen LogP) is 7.47. The molecular formula is C37H36N4O5S. The van der Waals surface area contributed by atoms with Crippen molar-refractivity contribution in [1.29, 1.82) is 0 Å². The van der Waals surface area contributed by atoms with E-state index < -0.39 is 0 Å². The quantitative estimate of drug-likeness (QED) is 0.161. The van der Waals surface area contributed by atoms with Crippen molar-refractivity contribution in [2.75, 3.05) is 55.6 Å². The van der Waals surface area contributed by atoms with Crippen molar-refractivity contribution in [3.8, 4) is 28.4 Å². The molecule has 3 heterocycles. The van der Waals surface area contributed by atoms with E-state index in [1.165, 1.54) is 5.69 Å². The van der Waals surface area contributed by atoms with Gasteiger partial charge in [0.05, 0.1) is 60.3 Å². The van der Waals surface area contributed by atoms with Crippen LogP contribution in [0.1, 0.15) is 26.6 Å². The Morgan fingerprint density at radius 1 is 0.851 bits per heavy atom. The van der Waals surface area contributed by atoms with Crippen LogP contribution in [0.2, 0.25) is 0 Å². The molecule has 1 amide bonds. The number of carbonyl (C=O) groups is 1. The van der Waals surface area contributed by atoms with Gasteiger partial charge in [0.15, 0.2) is 11.5 Å². The number of benzene rings is 4. The summed E-state index contributed by atoms with van der Waals surface area (Å²) in [5.41, 5.74) is 7.90. The molecule has 2 aliphatic rings. The van der Waals surface area contributed by atoms with Crippen LogP contribution in [0.5, 0.6) is 17.2 Å². The lowest BCUT2D eigenvalue weighted by Gasteiger charge is -2.28. The summed E-state index contributed by atoms with van der Waals surface area (Å²) in [5.74, 6) is 1.95. The molecule has 0 spiro atoms. The summed E-state index contributed by atoms with van der Waals surface area (Å²) < 4.78 is 23.1. The second-order valence-electron chi connectivity index (χ2n) is 11.4. The summed E-state index contributed by atoms with van der Waals surface area (Å²) in [5, 5.41) is 9.56. The first-order valence-electron chi connectivity index (χ1n) is 15.7. The fraction of sp³-hybridized carbons (Fsp3) is 0.243. The van der Waals surface area contributed by atoms with E-state index in [1.807, 2.05) is 73.0 Å². The van der Waals surface area contributed by atoms with Gasteiger partial charge in [-0.2, -0.15) is 0 Å². The molecule has 4 aromatic carbocycles. The number of aromatic nitrogens is 1. The maximum atomic E-state index is 13.3. The number of aryl methyl sites for hydroxylation is 1. The maximum absolute atomic E-state index is 13.3. The maximum Gasteiger partial charge on any atom is 0.257 e. The van der Waals surface area contributed by atoms with E-state index in [1.54, 1.807) is 18.4 Å². The zero-order valence-corrected chi connectivity index (χ0v) is 27.2. The fourth-order valence-electron chi connectivity index (χ4n) is 5.77. The van der Waals surface area contributed by atoms with Gasteiger partial charge in [-0.25, -0.2) is 4.98 Å². The molecule has 0 unspecified atom stereocenters. The molecule has 7 rings (SSSR count). The van der Waals surface area contributed by atoms with Gasteiger partial charge < -0.3 is 34.5 Å². The molecule has 0 radical (unpaired) electrons. The first kappa shape index (κ1) is 30.6. The van der Waals surface area contributed by atoms with Crippen molar-refractivity contribution in [2.24, 2.45) is 0 Å². The third-order valence-electron chi connectivity index (χ3n) is 8.28. The monoisotopic (exact) mass is 648 g/mol. The van der Waals surface area contributed by atoms with E-state index in [0.29, 0.717) is 36.7 Å². The van der Waals surface area contributed by atoms with E-state index in [-0.39, 0.29) is 5.91 Å². The fourth-order valence-corrected chi connectivity index (χ4v) is 6.37. The Bertz CT molecular complexity index is 1880. The second kappa shape index (κ2) is 13.7. The van der Waals surface area contributed by atoms with Gasteiger partial charge in [-0.1, -0.05) is 18.2 Å². The molecule has 0 atom stereocenters. The number of thiazole rings is 1. The number of anilines is 4. The average Bonchev–Trinajstić information content (AvgIpc) is 3.47. The number of ether oxygens (including phenoxy) is 4. The van der Waals surface area contributed by atoms with Gasteiger partial charge in [-0.05, 0) is 84.3 Å². The minimum atomic E-state index is -0.162. The SMILES string of the molecule is COc1cc(-c2ccc3c(c2)Nc2ccc(CCOc4ccc(N5CCOCC5)cc4)cc2NC3=O)ccc1OCc1csc(C)n1. The Labute approximate surface area is 278 Å². The molecule has 5 aromatic rings. The summed E-state index contributed by atoms with van der Waals surface area (Å²) in [4.78, 5) is 20.1. The highest BCUT2D eigenvalue weighted by Crippen LogP contribution is 2.38. The van der Waals surface area contributed by atoms with Crippen LogP contribution >= 0.6 is 11.3 Å². The Kier molecular flexibility index (Phi) is 8.94. The highest BCUT2D eigenvalue weighted by molar-refractivity contribution is 7.09. The van der Waals surface area contributed by atoms with Gasteiger partial charge in [0.25, 0.3) is 5.91 Å². The zero-order valence-electron chi connectivity index (χ0n) is 26.4. The summed E-state index contributed by atoms with van der Waals surface area (Å²) >= 11 is 1.60. The number of hydrogen-bond donors (Lipinski definition) is 2. The zero-order chi connectivity index (χ0) is 32.2. The topological polar surface area (TPSA) is 94.2 Å². The Morgan fingerprint density at radius 3 is 2.45 bits per heavy atom. The summed E-state index contributed by atoms with van der Waals surface area (Å²) in [6.45, 7) is 6.21. The first-order chi connectivity index (χ1) is 23.0. The number of rotatable bonds is 10. The van der Waals surface area contributed by atoms with E-state index in [2.05, 4.69) is 38.7 Å². The van der Waals surface area contributed by atoms with Crippen molar-refractivity contribution >= 4 is 40.0 Å². The van der Waals surface area contributed by atoms with E-state index in [4.69, 9.17) is 18.9 Å². The van der Waals surface area contributed by atoms with E-state index >= 15 is 0 Å². The molecule has 0 aliphatic carbocycles. The second-order valence-corrected chi connectivity index (χ2v) is 12.5. The number of methoxy groups -OCH3 is 1. The first-order valence-corrected chi connectivity index (χ1v) is 16.5. The molecule has 47 heavy (non-hydrogen) atoms. The Balaban J connectivity index is 1.01. The van der Waals surface area contributed by atoms with Crippen LogP contribution in [0.25, 0.3) is 11.1 Å². The van der Waals surface area contributed by atoms with Gasteiger partial charge >= 0.3 is 0 Å². The molecular weight excluding hydrogens is 612 g/mol. The van der Waals surface area contributed by atoms with Crippen molar-refractivity contribution in [3.05, 3.63) is 106 Å². The number of hydrogen-bond acceptors (Lipinski definition) is 9. The largest absolute Gasteiger partial charge is 0.493 e. The minimum absolute atomic E-state index is 0.162. The van der Waals surface area contributed by atoms with Gasteiger partial charge in [0.1, 0.15) is 12.4 Å². The third kappa shape index (κ3) is 7.03. The van der Waals surface area contributed by atoms with Crippen molar-refractivity contribution in [3.63, 3.8) is 0 Å². The molecule has 1 fully saturated rings. The van der Waals surface area contributed by atoms with Crippen LogP contribution in [0.4, 0.5) is 22.7 Å². The van der Waals surface area contributed by atoms with Gasteiger partial charge in [-0.15, -0.1) is 11.3 Å². The van der Waals surface area contributed by atoms with Crippen LogP contribution in [0, 0.1) is 6.92 Å². The normalized spacial score (nSPS) is 13.9. The Hall–Kier alpha value is -5.06. The molecule has 10 heteroatoms. The number of amides is 1. The van der Waals surface area contributed by atoms with Crippen molar-refractivity contribution in [1.82, 2.24) is 4.98 Å². The summed E-state index contributed by atoms with van der Waals surface area (Å²) in [6, 6.07) is 25.9. The van der Waals surface area contributed by atoms with Crippen LogP contribution in [0.3, 0.4) is 0 Å².